The summed E-state index contributed by atoms with van der Waals surface area (Å²) >= 11 is 6.81. The van der Waals surface area contributed by atoms with E-state index in [4.69, 9.17) is 12.2 Å². The van der Waals surface area contributed by atoms with Crippen LogP contribution in [-0.4, -0.2) is 20.2 Å². The van der Waals surface area contributed by atoms with E-state index in [1.165, 1.54) is 0 Å². The molecule has 0 aromatic heterocycles. The number of thiocarbonyl (C=S) groups is 1. The molecule has 0 rings (SSSR count). The van der Waals surface area contributed by atoms with Crippen LogP contribution in [0.2, 0.25) is 0 Å². The molecule has 0 aliphatic carbocycles. The van der Waals surface area contributed by atoms with Crippen LogP contribution in [0.25, 0.3) is 0 Å². The number of hydrogen-bond donors (Lipinski definition) is 1. The van der Waals surface area contributed by atoms with Gasteiger partial charge in [0.2, 0.25) is 0 Å². The van der Waals surface area contributed by atoms with Crippen molar-refractivity contribution >= 4 is 28.2 Å². The van der Waals surface area contributed by atoms with Gasteiger partial charge in [-0.3, -0.25) is 0 Å². The Morgan fingerprint density at radius 2 is 2.15 bits per heavy atom. The van der Waals surface area contributed by atoms with E-state index < -0.39 is 0 Å². The SMILES string of the molecule is C=CCC(O)CC(=S)SC(C)(C)C. The van der Waals surface area contributed by atoms with Crippen LogP contribution in [0.1, 0.15) is 33.6 Å². The lowest BCUT2D eigenvalue weighted by molar-refractivity contribution is 0.187. The third-order valence-corrected chi connectivity index (χ3v) is 2.68. The van der Waals surface area contributed by atoms with Gasteiger partial charge in [-0.2, -0.15) is 0 Å². The third-order valence-electron chi connectivity index (χ3n) is 1.26. The molecule has 0 aromatic rings. The summed E-state index contributed by atoms with van der Waals surface area (Å²) < 4.78 is 1.02. The van der Waals surface area contributed by atoms with Crippen molar-refractivity contribution in [3.63, 3.8) is 0 Å². The van der Waals surface area contributed by atoms with Crippen LogP contribution in [-0.2, 0) is 0 Å². The Morgan fingerprint density at radius 1 is 1.62 bits per heavy atom. The molecule has 1 N–H and O–H groups in total. The lowest BCUT2D eigenvalue weighted by atomic mass is 10.2. The number of rotatable bonds is 4. The van der Waals surface area contributed by atoms with Crippen LogP contribution in [0, 0.1) is 0 Å². The van der Waals surface area contributed by atoms with Crippen molar-refractivity contribution in [3.05, 3.63) is 12.7 Å². The minimum absolute atomic E-state index is 0.144. The zero-order chi connectivity index (χ0) is 10.5. The molecular formula is C10H18OS2. The van der Waals surface area contributed by atoms with E-state index in [9.17, 15) is 5.11 Å². The molecule has 13 heavy (non-hydrogen) atoms. The van der Waals surface area contributed by atoms with Gasteiger partial charge in [0.25, 0.3) is 0 Å². The number of aliphatic hydroxyl groups is 1. The minimum atomic E-state index is -0.361. The lowest BCUT2D eigenvalue weighted by Gasteiger charge is -2.19. The third kappa shape index (κ3) is 8.47. The average molecular weight is 218 g/mol. The summed E-state index contributed by atoms with van der Waals surface area (Å²) in [6, 6.07) is 0. The lowest BCUT2D eigenvalue weighted by Crippen LogP contribution is -2.15. The highest BCUT2D eigenvalue weighted by Crippen LogP contribution is 2.27. The van der Waals surface area contributed by atoms with Crippen molar-refractivity contribution in [2.75, 3.05) is 0 Å². The van der Waals surface area contributed by atoms with E-state index in [0.29, 0.717) is 12.8 Å². The highest BCUT2D eigenvalue weighted by atomic mass is 32.2. The molecule has 0 saturated carbocycles. The Bertz CT molecular complexity index is 182. The zero-order valence-corrected chi connectivity index (χ0v) is 10.2. The molecule has 76 valence electrons. The first kappa shape index (κ1) is 13.1. The molecule has 1 unspecified atom stereocenters. The monoisotopic (exact) mass is 218 g/mol. The second kappa shape index (κ2) is 5.78. The summed E-state index contributed by atoms with van der Waals surface area (Å²) in [5, 5.41) is 9.44. The normalized spacial score (nSPS) is 13.8. The first-order valence-corrected chi connectivity index (χ1v) is 5.58. The molecule has 0 fully saturated rings. The van der Waals surface area contributed by atoms with E-state index in [1.807, 2.05) is 0 Å². The first-order chi connectivity index (χ1) is 5.85. The molecule has 0 heterocycles. The Labute approximate surface area is 90.6 Å². The van der Waals surface area contributed by atoms with E-state index in [-0.39, 0.29) is 10.9 Å². The molecule has 0 aliphatic rings. The molecule has 3 heteroatoms. The van der Waals surface area contributed by atoms with Gasteiger partial charge >= 0.3 is 0 Å². The van der Waals surface area contributed by atoms with Crippen LogP contribution < -0.4 is 0 Å². The van der Waals surface area contributed by atoms with Gasteiger partial charge in [-0.1, -0.05) is 39.1 Å². The van der Waals surface area contributed by atoms with Crippen LogP contribution in [0.3, 0.4) is 0 Å². The summed E-state index contributed by atoms with van der Waals surface area (Å²) in [6.07, 6.45) is 2.56. The van der Waals surface area contributed by atoms with Crippen molar-refractivity contribution in [1.29, 1.82) is 0 Å². The van der Waals surface area contributed by atoms with Gasteiger partial charge < -0.3 is 5.11 Å². The van der Waals surface area contributed by atoms with Gasteiger partial charge in [-0.05, 0) is 6.42 Å². The summed E-state index contributed by atoms with van der Waals surface area (Å²) in [5.41, 5.74) is 0. The largest absolute Gasteiger partial charge is 0.392 e. The smallest absolute Gasteiger partial charge is 0.0628 e. The van der Waals surface area contributed by atoms with E-state index in [2.05, 4.69) is 27.4 Å². The van der Waals surface area contributed by atoms with Crippen LogP contribution in [0.15, 0.2) is 12.7 Å². The van der Waals surface area contributed by atoms with Gasteiger partial charge in [-0.25, -0.2) is 0 Å². The molecule has 0 saturated heterocycles. The van der Waals surface area contributed by atoms with Crippen molar-refractivity contribution in [3.8, 4) is 0 Å². The summed E-state index contributed by atoms with van der Waals surface area (Å²) in [5.74, 6) is 0. The Balaban J connectivity index is 3.81. The fraction of sp³-hybridized carbons (Fsp3) is 0.700. The van der Waals surface area contributed by atoms with Gasteiger partial charge in [-0.15, -0.1) is 18.3 Å². The number of hydrogen-bond acceptors (Lipinski definition) is 3. The van der Waals surface area contributed by atoms with Crippen molar-refractivity contribution < 1.29 is 5.11 Å². The van der Waals surface area contributed by atoms with E-state index in [1.54, 1.807) is 17.8 Å². The average Bonchev–Trinajstić information content (AvgIpc) is 1.81. The summed E-state index contributed by atoms with van der Waals surface area (Å²) in [4.78, 5) is 0. The van der Waals surface area contributed by atoms with Gasteiger partial charge in [0, 0.05) is 11.2 Å². The summed E-state index contributed by atoms with van der Waals surface area (Å²) in [7, 11) is 0. The molecule has 0 spiro atoms. The molecule has 0 aliphatic heterocycles. The standard InChI is InChI=1S/C10H18OS2/c1-5-6-8(11)7-9(12)13-10(2,3)4/h5,8,11H,1,6-7H2,2-4H3. The van der Waals surface area contributed by atoms with E-state index >= 15 is 0 Å². The predicted molar refractivity (Wildman–Crippen MR) is 65.4 cm³/mol. The molecule has 0 radical (unpaired) electrons. The predicted octanol–water partition coefficient (Wildman–Crippen LogP) is 3.17. The Kier molecular flexibility index (Phi) is 5.85. The van der Waals surface area contributed by atoms with Gasteiger partial charge in [0.05, 0.1) is 10.3 Å². The molecule has 1 atom stereocenters. The molecular weight excluding hydrogens is 200 g/mol. The highest BCUT2D eigenvalue weighted by molar-refractivity contribution is 8.23. The minimum Gasteiger partial charge on any atom is -0.392 e. The highest BCUT2D eigenvalue weighted by Gasteiger charge is 2.15. The van der Waals surface area contributed by atoms with Crippen molar-refractivity contribution in [1.82, 2.24) is 0 Å². The van der Waals surface area contributed by atoms with Crippen LogP contribution >= 0.6 is 24.0 Å². The maximum absolute atomic E-state index is 9.44. The number of aliphatic hydroxyl groups excluding tert-OH is 1. The molecule has 0 bridgehead atoms. The molecule has 0 aromatic carbocycles. The molecule has 1 nitrogen and oxygen atoms in total. The maximum Gasteiger partial charge on any atom is 0.0628 e. The Morgan fingerprint density at radius 3 is 2.54 bits per heavy atom. The summed E-state index contributed by atoms with van der Waals surface area (Å²) in [6.45, 7) is 9.92. The first-order valence-electron chi connectivity index (χ1n) is 4.36. The van der Waals surface area contributed by atoms with E-state index in [0.717, 1.165) is 4.20 Å². The number of thioether (sulfide) groups is 1. The van der Waals surface area contributed by atoms with Crippen LogP contribution in [0.5, 0.6) is 0 Å². The molecule has 0 amide bonds. The van der Waals surface area contributed by atoms with Crippen molar-refractivity contribution in [2.45, 2.75) is 44.5 Å². The topological polar surface area (TPSA) is 20.2 Å². The zero-order valence-electron chi connectivity index (χ0n) is 8.54. The Hall–Kier alpha value is 0.140. The second-order valence-corrected chi connectivity index (χ2v) is 6.64. The fourth-order valence-electron chi connectivity index (χ4n) is 0.851. The van der Waals surface area contributed by atoms with Crippen molar-refractivity contribution in [2.24, 2.45) is 0 Å². The van der Waals surface area contributed by atoms with Crippen LogP contribution in [0.4, 0.5) is 0 Å². The quantitative estimate of drug-likeness (QED) is 0.578. The second-order valence-electron chi connectivity index (χ2n) is 3.97. The maximum atomic E-state index is 9.44. The van der Waals surface area contributed by atoms with Gasteiger partial charge in [0.1, 0.15) is 0 Å². The van der Waals surface area contributed by atoms with Gasteiger partial charge in [0.15, 0.2) is 0 Å². The fourth-order valence-corrected chi connectivity index (χ4v) is 2.75.